The number of hydrogen-bond donors (Lipinski definition) is 2. The van der Waals surface area contributed by atoms with Crippen molar-refractivity contribution in [1.29, 1.82) is 0 Å². The van der Waals surface area contributed by atoms with Crippen LogP contribution in [0.4, 0.5) is 0 Å². The van der Waals surface area contributed by atoms with Crippen molar-refractivity contribution in [2.24, 2.45) is 11.7 Å². The predicted molar refractivity (Wildman–Crippen MR) is 59.8 cm³/mol. The van der Waals surface area contributed by atoms with Crippen LogP contribution in [0.5, 0.6) is 0 Å². The Kier molecular flexibility index (Phi) is 3.91. The maximum absolute atomic E-state index is 12.1. The maximum Gasteiger partial charge on any atom is 0.308 e. The lowest BCUT2D eigenvalue weighted by molar-refractivity contribution is -0.142. The van der Waals surface area contributed by atoms with Gasteiger partial charge in [0.1, 0.15) is 0 Å². The molecule has 1 amide bonds. The Morgan fingerprint density at radius 2 is 2.00 bits per heavy atom. The number of nitrogens with two attached hydrogens (primary N) is 1. The maximum atomic E-state index is 12.1. The number of carbonyl (C=O) groups is 2. The largest absolute Gasteiger partial charge is 0.481 e. The lowest BCUT2D eigenvalue weighted by Crippen LogP contribution is -2.54. The third-order valence-electron chi connectivity index (χ3n) is 3.51. The topological polar surface area (TPSA) is 83.6 Å². The minimum atomic E-state index is -0.828. The number of carbonyl (C=O) groups excluding carboxylic acids is 1. The number of hydrogen-bond acceptors (Lipinski definition) is 3. The van der Waals surface area contributed by atoms with E-state index >= 15 is 0 Å². The SMILES string of the molecule is CCC(N)(CC)C(=O)N1CCC(C(=O)O)C1. The fourth-order valence-corrected chi connectivity index (χ4v) is 2.01. The van der Waals surface area contributed by atoms with Crippen LogP contribution in [0.3, 0.4) is 0 Å². The lowest BCUT2D eigenvalue weighted by Gasteiger charge is -2.30. The molecule has 1 aliphatic rings. The molecule has 0 spiro atoms. The van der Waals surface area contributed by atoms with E-state index in [9.17, 15) is 9.59 Å². The highest BCUT2D eigenvalue weighted by atomic mass is 16.4. The third kappa shape index (κ3) is 2.35. The van der Waals surface area contributed by atoms with Crippen LogP contribution < -0.4 is 5.73 Å². The van der Waals surface area contributed by atoms with E-state index in [1.165, 1.54) is 0 Å². The first-order valence-electron chi connectivity index (χ1n) is 5.75. The summed E-state index contributed by atoms with van der Waals surface area (Å²) in [7, 11) is 0. The number of nitrogens with zero attached hydrogens (tertiary/aromatic N) is 1. The summed E-state index contributed by atoms with van der Waals surface area (Å²) in [6.45, 7) is 4.57. The van der Waals surface area contributed by atoms with Crippen molar-refractivity contribution in [3.8, 4) is 0 Å². The summed E-state index contributed by atoms with van der Waals surface area (Å²) in [6, 6.07) is 0. The van der Waals surface area contributed by atoms with Gasteiger partial charge in [-0.3, -0.25) is 9.59 Å². The molecule has 0 aromatic heterocycles. The second-order valence-corrected chi connectivity index (χ2v) is 4.44. The molecule has 5 heteroatoms. The van der Waals surface area contributed by atoms with Gasteiger partial charge in [0.2, 0.25) is 5.91 Å². The van der Waals surface area contributed by atoms with Crippen LogP contribution in [-0.2, 0) is 9.59 Å². The third-order valence-corrected chi connectivity index (χ3v) is 3.51. The van der Waals surface area contributed by atoms with Crippen molar-refractivity contribution in [1.82, 2.24) is 4.90 Å². The molecule has 0 aromatic rings. The van der Waals surface area contributed by atoms with Crippen molar-refractivity contribution in [2.75, 3.05) is 13.1 Å². The molecule has 5 nitrogen and oxygen atoms in total. The van der Waals surface area contributed by atoms with E-state index in [1.807, 2.05) is 13.8 Å². The van der Waals surface area contributed by atoms with Gasteiger partial charge in [0.05, 0.1) is 11.5 Å². The average molecular weight is 228 g/mol. The van der Waals surface area contributed by atoms with Crippen molar-refractivity contribution in [3.63, 3.8) is 0 Å². The fourth-order valence-electron chi connectivity index (χ4n) is 2.01. The van der Waals surface area contributed by atoms with Crippen LogP contribution >= 0.6 is 0 Å². The van der Waals surface area contributed by atoms with Crippen LogP contribution in [0.2, 0.25) is 0 Å². The molecular weight excluding hydrogens is 208 g/mol. The first-order valence-corrected chi connectivity index (χ1v) is 5.75. The average Bonchev–Trinajstić information content (AvgIpc) is 2.76. The van der Waals surface area contributed by atoms with Gasteiger partial charge in [-0.1, -0.05) is 13.8 Å². The van der Waals surface area contributed by atoms with Gasteiger partial charge in [0.25, 0.3) is 0 Å². The fraction of sp³-hybridized carbons (Fsp3) is 0.818. The molecule has 1 saturated heterocycles. The predicted octanol–water partition coefficient (Wildman–Crippen LogP) is 0.437. The van der Waals surface area contributed by atoms with Crippen LogP contribution in [0.15, 0.2) is 0 Å². The van der Waals surface area contributed by atoms with Crippen LogP contribution in [0.25, 0.3) is 0 Å². The summed E-state index contributed by atoms with van der Waals surface area (Å²) in [5, 5.41) is 8.86. The molecule has 1 heterocycles. The molecule has 0 aromatic carbocycles. The first-order chi connectivity index (χ1) is 7.44. The van der Waals surface area contributed by atoms with Gasteiger partial charge in [0.15, 0.2) is 0 Å². The van der Waals surface area contributed by atoms with E-state index in [2.05, 4.69) is 0 Å². The Morgan fingerprint density at radius 1 is 1.44 bits per heavy atom. The van der Waals surface area contributed by atoms with E-state index in [1.54, 1.807) is 4.90 Å². The zero-order valence-corrected chi connectivity index (χ0v) is 9.90. The van der Waals surface area contributed by atoms with Crippen molar-refractivity contribution >= 4 is 11.9 Å². The van der Waals surface area contributed by atoms with Gasteiger partial charge in [-0.2, -0.15) is 0 Å². The first kappa shape index (κ1) is 13.0. The molecule has 0 saturated carbocycles. The Balaban J connectivity index is 2.67. The quantitative estimate of drug-likeness (QED) is 0.731. The number of aliphatic carboxylic acids is 1. The minimum Gasteiger partial charge on any atom is -0.481 e. The summed E-state index contributed by atoms with van der Waals surface area (Å²) < 4.78 is 0. The molecule has 16 heavy (non-hydrogen) atoms. The molecule has 0 aliphatic carbocycles. The number of amides is 1. The van der Waals surface area contributed by atoms with Gasteiger partial charge in [-0.15, -0.1) is 0 Å². The highest BCUT2D eigenvalue weighted by Gasteiger charge is 2.38. The molecule has 1 rings (SSSR count). The normalized spacial score (nSPS) is 21.2. The van der Waals surface area contributed by atoms with Crippen molar-refractivity contribution in [2.45, 2.75) is 38.6 Å². The smallest absolute Gasteiger partial charge is 0.308 e. The molecule has 1 atom stereocenters. The molecule has 92 valence electrons. The molecule has 1 fully saturated rings. The Morgan fingerprint density at radius 3 is 2.38 bits per heavy atom. The van der Waals surface area contributed by atoms with E-state index in [0.717, 1.165) is 0 Å². The zero-order chi connectivity index (χ0) is 12.3. The summed E-state index contributed by atoms with van der Waals surface area (Å²) in [6.07, 6.45) is 1.69. The second kappa shape index (κ2) is 4.82. The Bertz CT molecular complexity index is 287. The van der Waals surface area contributed by atoms with Gasteiger partial charge in [-0.05, 0) is 19.3 Å². The van der Waals surface area contributed by atoms with E-state index < -0.39 is 17.4 Å². The monoisotopic (exact) mass is 228 g/mol. The molecule has 3 N–H and O–H groups in total. The number of likely N-dealkylation sites (tertiary alicyclic amines) is 1. The van der Waals surface area contributed by atoms with Gasteiger partial charge in [-0.25, -0.2) is 0 Å². The van der Waals surface area contributed by atoms with Crippen molar-refractivity contribution in [3.05, 3.63) is 0 Å². The molecule has 1 aliphatic heterocycles. The Labute approximate surface area is 95.6 Å². The molecule has 1 unspecified atom stereocenters. The van der Waals surface area contributed by atoms with Crippen LogP contribution in [0.1, 0.15) is 33.1 Å². The van der Waals surface area contributed by atoms with E-state index in [0.29, 0.717) is 32.4 Å². The highest BCUT2D eigenvalue weighted by molar-refractivity contribution is 5.87. The number of carboxylic acid groups (broad SMARTS) is 1. The second-order valence-electron chi connectivity index (χ2n) is 4.44. The highest BCUT2D eigenvalue weighted by Crippen LogP contribution is 2.22. The van der Waals surface area contributed by atoms with Crippen molar-refractivity contribution < 1.29 is 14.7 Å². The van der Waals surface area contributed by atoms with Crippen LogP contribution in [0, 0.1) is 5.92 Å². The summed E-state index contributed by atoms with van der Waals surface area (Å²) in [4.78, 5) is 24.5. The van der Waals surface area contributed by atoms with E-state index in [-0.39, 0.29) is 5.91 Å². The number of rotatable bonds is 4. The Hall–Kier alpha value is -1.10. The standard InChI is InChI=1S/C11H20N2O3/c1-3-11(12,4-2)10(16)13-6-5-8(7-13)9(14)15/h8H,3-7,12H2,1-2H3,(H,14,15). The van der Waals surface area contributed by atoms with Gasteiger partial charge >= 0.3 is 5.97 Å². The van der Waals surface area contributed by atoms with Crippen LogP contribution in [-0.4, -0.2) is 40.5 Å². The summed E-state index contributed by atoms with van der Waals surface area (Å²) in [5.41, 5.74) is 5.18. The molecule has 0 bridgehead atoms. The van der Waals surface area contributed by atoms with Gasteiger partial charge < -0.3 is 15.7 Å². The van der Waals surface area contributed by atoms with E-state index in [4.69, 9.17) is 10.8 Å². The molecule has 0 radical (unpaired) electrons. The zero-order valence-electron chi connectivity index (χ0n) is 9.90. The summed E-state index contributed by atoms with van der Waals surface area (Å²) in [5.74, 6) is -1.37. The molecular formula is C11H20N2O3. The number of carboxylic acids is 1. The van der Waals surface area contributed by atoms with Gasteiger partial charge in [0, 0.05) is 13.1 Å². The lowest BCUT2D eigenvalue weighted by atomic mass is 9.92. The minimum absolute atomic E-state index is 0.110. The summed E-state index contributed by atoms with van der Waals surface area (Å²) >= 11 is 0.